The SMILES string of the molecule is COC(=O)C(C)(O)CNCCCCCO. The van der Waals surface area contributed by atoms with Crippen molar-refractivity contribution in [3.63, 3.8) is 0 Å². The fourth-order valence-electron chi connectivity index (χ4n) is 1.16. The van der Waals surface area contributed by atoms with Crippen molar-refractivity contribution >= 4 is 5.97 Å². The van der Waals surface area contributed by atoms with Crippen LogP contribution in [0.5, 0.6) is 0 Å². The number of carbonyl (C=O) groups excluding carboxylic acids is 1. The largest absolute Gasteiger partial charge is 0.467 e. The zero-order valence-corrected chi connectivity index (χ0v) is 9.45. The summed E-state index contributed by atoms with van der Waals surface area (Å²) in [5, 5.41) is 21.1. The number of aliphatic hydroxyl groups is 2. The minimum atomic E-state index is -1.47. The van der Waals surface area contributed by atoms with Gasteiger partial charge >= 0.3 is 5.97 Å². The molecule has 0 saturated heterocycles. The fraction of sp³-hybridized carbons (Fsp3) is 0.900. The van der Waals surface area contributed by atoms with E-state index in [0.29, 0.717) is 6.54 Å². The van der Waals surface area contributed by atoms with E-state index in [1.54, 1.807) is 0 Å². The van der Waals surface area contributed by atoms with Gasteiger partial charge in [0.25, 0.3) is 0 Å². The number of ether oxygens (including phenoxy) is 1. The Morgan fingerprint density at radius 1 is 1.40 bits per heavy atom. The molecule has 0 rings (SSSR count). The summed E-state index contributed by atoms with van der Waals surface area (Å²) in [7, 11) is 1.25. The Hall–Kier alpha value is -0.650. The van der Waals surface area contributed by atoms with Gasteiger partial charge in [-0.15, -0.1) is 0 Å². The predicted octanol–water partition coefficient (Wildman–Crippen LogP) is -0.337. The molecule has 5 nitrogen and oxygen atoms in total. The molecule has 0 radical (unpaired) electrons. The third-order valence-corrected chi connectivity index (χ3v) is 2.11. The van der Waals surface area contributed by atoms with E-state index in [1.165, 1.54) is 14.0 Å². The van der Waals surface area contributed by atoms with Crippen LogP contribution in [0.25, 0.3) is 0 Å². The number of methoxy groups -OCH3 is 1. The van der Waals surface area contributed by atoms with Crippen LogP contribution in [0.4, 0.5) is 0 Å². The zero-order chi connectivity index (χ0) is 11.7. The van der Waals surface area contributed by atoms with Gasteiger partial charge < -0.3 is 20.3 Å². The van der Waals surface area contributed by atoms with Crippen LogP contribution in [-0.2, 0) is 9.53 Å². The molecule has 0 spiro atoms. The van der Waals surface area contributed by atoms with Crippen LogP contribution in [0.2, 0.25) is 0 Å². The van der Waals surface area contributed by atoms with Gasteiger partial charge in [-0.2, -0.15) is 0 Å². The molecule has 1 atom stereocenters. The van der Waals surface area contributed by atoms with Gasteiger partial charge in [-0.05, 0) is 32.7 Å². The van der Waals surface area contributed by atoms with Crippen molar-refractivity contribution in [1.29, 1.82) is 0 Å². The predicted molar refractivity (Wildman–Crippen MR) is 56.4 cm³/mol. The lowest BCUT2D eigenvalue weighted by Crippen LogP contribution is -2.45. The van der Waals surface area contributed by atoms with Gasteiger partial charge in [0.1, 0.15) is 0 Å². The fourth-order valence-corrected chi connectivity index (χ4v) is 1.16. The molecule has 0 aliphatic carbocycles. The normalized spacial score (nSPS) is 14.7. The highest BCUT2D eigenvalue weighted by Gasteiger charge is 2.30. The van der Waals surface area contributed by atoms with Crippen LogP contribution < -0.4 is 5.32 Å². The van der Waals surface area contributed by atoms with Crippen LogP contribution in [0.15, 0.2) is 0 Å². The first kappa shape index (κ1) is 14.3. The minimum absolute atomic E-state index is 0.179. The second kappa shape index (κ2) is 7.62. The Bertz CT molecular complexity index is 182. The molecular weight excluding hydrogens is 198 g/mol. The number of carbonyl (C=O) groups is 1. The Morgan fingerprint density at radius 3 is 2.60 bits per heavy atom. The molecule has 15 heavy (non-hydrogen) atoms. The van der Waals surface area contributed by atoms with E-state index < -0.39 is 11.6 Å². The van der Waals surface area contributed by atoms with Crippen molar-refractivity contribution in [3.05, 3.63) is 0 Å². The molecule has 1 unspecified atom stereocenters. The van der Waals surface area contributed by atoms with E-state index in [1.807, 2.05) is 0 Å². The summed E-state index contributed by atoms with van der Waals surface area (Å²) in [5.74, 6) is -0.634. The van der Waals surface area contributed by atoms with Crippen molar-refractivity contribution in [1.82, 2.24) is 5.32 Å². The first-order chi connectivity index (χ1) is 7.04. The smallest absolute Gasteiger partial charge is 0.338 e. The van der Waals surface area contributed by atoms with Crippen LogP contribution in [-0.4, -0.2) is 48.6 Å². The zero-order valence-electron chi connectivity index (χ0n) is 9.45. The summed E-state index contributed by atoms with van der Waals surface area (Å²) < 4.78 is 4.45. The molecule has 0 aromatic heterocycles. The number of esters is 1. The van der Waals surface area contributed by atoms with E-state index >= 15 is 0 Å². The number of rotatable bonds is 8. The van der Waals surface area contributed by atoms with Crippen LogP contribution in [0.3, 0.4) is 0 Å². The summed E-state index contributed by atoms with van der Waals surface area (Å²) in [6, 6.07) is 0. The molecule has 0 aliphatic heterocycles. The molecule has 0 bridgehead atoms. The molecule has 0 heterocycles. The highest BCUT2D eigenvalue weighted by molar-refractivity contribution is 5.78. The molecule has 0 saturated carbocycles. The second-order valence-corrected chi connectivity index (χ2v) is 3.73. The van der Waals surface area contributed by atoms with Gasteiger partial charge in [0.05, 0.1) is 7.11 Å². The summed E-state index contributed by atoms with van der Waals surface area (Å²) in [6.45, 7) is 2.52. The summed E-state index contributed by atoms with van der Waals surface area (Å²) >= 11 is 0. The highest BCUT2D eigenvalue weighted by atomic mass is 16.5. The quantitative estimate of drug-likeness (QED) is 0.384. The number of unbranched alkanes of at least 4 members (excludes halogenated alkanes) is 2. The van der Waals surface area contributed by atoms with E-state index in [-0.39, 0.29) is 13.2 Å². The Kier molecular flexibility index (Phi) is 7.29. The molecule has 0 aromatic carbocycles. The van der Waals surface area contributed by atoms with Gasteiger partial charge in [-0.1, -0.05) is 0 Å². The molecular formula is C10H21NO4. The molecule has 3 N–H and O–H groups in total. The van der Waals surface area contributed by atoms with Gasteiger partial charge in [-0.25, -0.2) is 4.79 Å². The summed E-state index contributed by atoms with van der Waals surface area (Å²) in [5.41, 5.74) is -1.47. The van der Waals surface area contributed by atoms with E-state index in [9.17, 15) is 9.90 Å². The lowest BCUT2D eigenvalue weighted by Gasteiger charge is -2.20. The molecule has 0 fully saturated rings. The van der Waals surface area contributed by atoms with E-state index in [0.717, 1.165) is 19.3 Å². The standard InChI is InChI=1S/C10H21NO4/c1-10(14,9(13)15-2)8-11-6-4-3-5-7-12/h11-12,14H,3-8H2,1-2H3. The minimum Gasteiger partial charge on any atom is -0.467 e. The molecule has 90 valence electrons. The van der Waals surface area contributed by atoms with E-state index in [2.05, 4.69) is 10.1 Å². The number of aliphatic hydroxyl groups excluding tert-OH is 1. The first-order valence-corrected chi connectivity index (χ1v) is 5.17. The molecule has 0 aliphatic rings. The second-order valence-electron chi connectivity index (χ2n) is 3.73. The van der Waals surface area contributed by atoms with Gasteiger partial charge in [0.2, 0.25) is 0 Å². The van der Waals surface area contributed by atoms with Crippen LogP contribution in [0.1, 0.15) is 26.2 Å². The highest BCUT2D eigenvalue weighted by Crippen LogP contribution is 2.03. The van der Waals surface area contributed by atoms with Crippen molar-refractivity contribution in [2.75, 3.05) is 26.8 Å². The average molecular weight is 219 g/mol. The lowest BCUT2D eigenvalue weighted by molar-refractivity contribution is -0.159. The van der Waals surface area contributed by atoms with Crippen molar-refractivity contribution in [2.24, 2.45) is 0 Å². The average Bonchev–Trinajstić information content (AvgIpc) is 2.22. The van der Waals surface area contributed by atoms with Gasteiger partial charge in [0, 0.05) is 13.2 Å². The van der Waals surface area contributed by atoms with Crippen LogP contribution >= 0.6 is 0 Å². The molecule has 0 aromatic rings. The van der Waals surface area contributed by atoms with Crippen molar-refractivity contribution in [2.45, 2.75) is 31.8 Å². The third-order valence-electron chi connectivity index (χ3n) is 2.11. The Labute approximate surface area is 90.4 Å². The van der Waals surface area contributed by atoms with E-state index in [4.69, 9.17) is 5.11 Å². The Morgan fingerprint density at radius 2 is 2.07 bits per heavy atom. The maximum absolute atomic E-state index is 11.1. The first-order valence-electron chi connectivity index (χ1n) is 5.17. The third kappa shape index (κ3) is 6.43. The number of hydrogen-bond acceptors (Lipinski definition) is 5. The summed E-state index contributed by atoms with van der Waals surface area (Å²) in [4.78, 5) is 11.1. The van der Waals surface area contributed by atoms with Crippen molar-refractivity contribution in [3.8, 4) is 0 Å². The maximum Gasteiger partial charge on any atom is 0.338 e. The number of nitrogens with one attached hydrogen (secondary N) is 1. The topological polar surface area (TPSA) is 78.8 Å². The molecule has 0 amide bonds. The van der Waals surface area contributed by atoms with Crippen molar-refractivity contribution < 1.29 is 19.7 Å². The maximum atomic E-state index is 11.1. The Balaban J connectivity index is 3.53. The lowest BCUT2D eigenvalue weighted by atomic mass is 10.1. The monoisotopic (exact) mass is 219 g/mol. The molecule has 5 heteroatoms. The number of hydrogen-bond donors (Lipinski definition) is 3. The van der Waals surface area contributed by atoms with Gasteiger partial charge in [-0.3, -0.25) is 0 Å². The summed E-state index contributed by atoms with van der Waals surface area (Å²) in [6.07, 6.45) is 2.64. The van der Waals surface area contributed by atoms with Gasteiger partial charge in [0.15, 0.2) is 5.60 Å². The van der Waals surface area contributed by atoms with Crippen LogP contribution in [0, 0.1) is 0 Å².